The van der Waals surface area contributed by atoms with Gasteiger partial charge in [-0.25, -0.2) is 4.79 Å². The molecule has 0 spiro atoms. The monoisotopic (exact) mass is 478 g/mol. The Morgan fingerprint density at radius 2 is 1.69 bits per heavy atom. The summed E-state index contributed by atoms with van der Waals surface area (Å²) in [5.74, 6) is -0.793. The number of carbonyl (C=O) groups is 3. The molecule has 4 rings (SSSR count). The molecular formula is C28H34N2O5. The minimum Gasteiger partial charge on any atom is -0.481 e. The highest BCUT2D eigenvalue weighted by molar-refractivity contribution is 5.79. The Balaban J connectivity index is 1.26. The predicted molar refractivity (Wildman–Crippen MR) is 133 cm³/mol. The predicted octanol–water partition coefficient (Wildman–Crippen LogP) is 4.84. The summed E-state index contributed by atoms with van der Waals surface area (Å²) >= 11 is 0. The number of carbonyl (C=O) groups excluding carboxylic acids is 2. The Bertz CT molecular complexity index is 1020. The van der Waals surface area contributed by atoms with Crippen LogP contribution in [0.25, 0.3) is 11.1 Å². The Morgan fingerprint density at radius 1 is 1.03 bits per heavy atom. The van der Waals surface area contributed by atoms with E-state index in [-0.39, 0.29) is 42.9 Å². The summed E-state index contributed by atoms with van der Waals surface area (Å²) in [6.45, 7) is 2.16. The number of alkyl carbamates (subject to hydrolysis) is 1. The number of hydrogen-bond acceptors (Lipinski definition) is 4. The van der Waals surface area contributed by atoms with Crippen LogP contribution in [0.3, 0.4) is 0 Å². The molecule has 7 heteroatoms. The Labute approximate surface area is 206 Å². The molecule has 1 saturated carbocycles. The smallest absolute Gasteiger partial charge is 0.407 e. The molecule has 2 aromatic carbocycles. The zero-order chi connectivity index (χ0) is 24.8. The van der Waals surface area contributed by atoms with Gasteiger partial charge in [0.05, 0.1) is 0 Å². The maximum Gasteiger partial charge on any atom is 0.407 e. The number of benzene rings is 2. The number of nitrogens with one attached hydrogen (secondary N) is 2. The van der Waals surface area contributed by atoms with Gasteiger partial charge >= 0.3 is 12.1 Å². The molecule has 35 heavy (non-hydrogen) atoms. The van der Waals surface area contributed by atoms with E-state index in [1.807, 2.05) is 31.2 Å². The van der Waals surface area contributed by atoms with Crippen molar-refractivity contribution in [3.05, 3.63) is 59.7 Å². The number of rotatable bonds is 10. The van der Waals surface area contributed by atoms with Gasteiger partial charge in [-0.3, -0.25) is 9.59 Å². The van der Waals surface area contributed by atoms with Crippen LogP contribution in [0.5, 0.6) is 0 Å². The van der Waals surface area contributed by atoms with Crippen LogP contribution in [0, 0.1) is 5.92 Å². The highest BCUT2D eigenvalue weighted by atomic mass is 16.5. The van der Waals surface area contributed by atoms with Crippen LogP contribution in [0.15, 0.2) is 48.5 Å². The fourth-order valence-electron chi connectivity index (χ4n) is 5.47. The molecule has 7 nitrogen and oxygen atoms in total. The average Bonchev–Trinajstić information content (AvgIpc) is 3.39. The molecule has 0 saturated heterocycles. The Morgan fingerprint density at radius 3 is 2.34 bits per heavy atom. The van der Waals surface area contributed by atoms with Crippen LogP contribution < -0.4 is 10.6 Å². The number of hydrogen-bond donors (Lipinski definition) is 3. The summed E-state index contributed by atoms with van der Waals surface area (Å²) in [6.07, 6.45) is 3.85. The summed E-state index contributed by atoms with van der Waals surface area (Å²) in [5.41, 5.74) is 4.73. The summed E-state index contributed by atoms with van der Waals surface area (Å²) in [6, 6.07) is 16.3. The van der Waals surface area contributed by atoms with E-state index in [0.29, 0.717) is 19.3 Å². The molecule has 3 unspecified atom stereocenters. The summed E-state index contributed by atoms with van der Waals surface area (Å²) in [5, 5.41) is 14.7. The molecule has 2 aromatic rings. The van der Waals surface area contributed by atoms with E-state index in [1.165, 1.54) is 22.3 Å². The number of amides is 2. The molecule has 2 aliphatic carbocycles. The van der Waals surface area contributed by atoms with Gasteiger partial charge in [0, 0.05) is 30.8 Å². The highest BCUT2D eigenvalue weighted by Gasteiger charge is 2.32. The lowest BCUT2D eigenvalue weighted by molar-refractivity contribution is -0.137. The zero-order valence-electron chi connectivity index (χ0n) is 20.2. The normalized spacial score (nSPS) is 19.5. The van der Waals surface area contributed by atoms with Gasteiger partial charge in [-0.05, 0) is 60.8 Å². The largest absolute Gasteiger partial charge is 0.481 e. The van der Waals surface area contributed by atoms with E-state index in [1.54, 1.807) is 0 Å². The van der Waals surface area contributed by atoms with Gasteiger partial charge < -0.3 is 20.5 Å². The Hall–Kier alpha value is -3.35. The lowest BCUT2D eigenvalue weighted by Crippen LogP contribution is -2.41. The van der Waals surface area contributed by atoms with E-state index in [4.69, 9.17) is 9.84 Å². The molecule has 186 valence electrons. The van der Waals surface area contributed by atoms with Crippen molar-refractivity contribution in [1.29, 1.82) is 0 Å². The van der Waals surface area contributed by atoms with Crippen LogP contribution in [0.4, 0.5) is 4.79 Å². The molecule has 3 N–H and O–H groups in total. The third-order valence-corrected chi connectivity index (χ3v) is 7.19. The summed E-state index contributed by atoms with van der Waals surface area (Å²) in [4.78, 5) is 35.8. The number of ether oxygens (including phenoxy) is 1. The number of carboxylic acid groups (broad SMARTS) is 1. The Kier molecular flexibility index (Phi) is 8.06. The van der Waals surface area contributed by atoms with Crippen molar-refractivity contribution in [3.63, 3.8) is 0 Å². The maximum absolute atomic E-state index is 12.7. The first-order valence-corrected chi connectivity index (χ1v) is 12.5. The second kappa shape index (κ2) is 11.4. The minimum absolute atomic E-state index is 0.0147. The van der Waals surface area contributed by atoms with Crippen LogP contribution in [-0.4, -0.2) is 41.8 Å². The van der Waals surface area contributed by atoms with E-state index in [9.17, 15) is 14.4 Å². The third-order valence-electron chi connectivity index (χ3n) is 7.19. The molecule has 3 atom stereocenters. The van der Waals surface area contributed by atoms with E-state index in [0.717, 1.165) is 19.3 Å². The van der Waals surface area contributed by atoms with Crippen molar-refractivity contribution in [1.82, 2.24) is 10.6 Å². The number of carboxylic acids is 1. The highest BCUT2D eigenvalue weighted by Crippen LogP contribution is 2.44. The third kappa shape index (κ3) is 6.21. The second-order valence-corrected chi connectivity index (χ2v) is 9.73. The van der Waals surface area contributed by atoms with Crippen LogP contribution in [0.1, 0.15) is 68.9 Å². The summed E-state index contributed by atoms with van der Waals surface area (Å²) < 4.78 is 5.68. The second-order valence-electron chi connectivity index (χ2n) is 9.73. The topological polar surface area (TPSA) is 105 Å². The molecule has 0 radical (unpaired) electrons. The fourth-order valence-corrected chi connectivity index (χ4v) is 5.47. The van der Waals surface area contributed by atoms with E-state index >= 15 is 0 Å². The molecule has 0 aromatic heterocycles. The fraction of sp³-hybridized carbons (Fsp3) is 0.464. The van der Waals surface area contributed by atoms with Crippen molar-refractivity contribution in [2.45, 2.75) is 69.9 Å². The number of aliphatic carboxylic acids is 1. The van der Waals surface area contributed by atoms with Crippen LogP contribution >= 0.6 is 0 Å². The van der Waals surface area contributed by atoms with Gasteiger partial charge in [-0.2, -0.15) is 0 Å². The molecule has 2 aliphatic rings. The van der Waals surface area contributed by atoms with Crippen molar-refractivity contribution < 1.29 is 24.2 Å². The zero-order valence-corrected chi connectivity index (χ0v) is 20.2. The van der Waals surface area contributed by atoms with Crippen molar-refractivity contribution in [2.24, 2.45) is 5.92 Å². The lowest BCUT2D eigenvalue weighted by Gasteiger charge is -2.22. The van der Waals surface area contributed by atoms with E-state index < -0.39 is 12.1 Å². The SMILES string of the molecule is CC(CCCC(=O)O)NC(=O)CC1CCCC1NC(=O)OCC1c2ccccc2-c2ccccc21. The summed E-state index contributed by atoms with van der Waals surface area (Å²) in [7, 11) is 0. The lowest BCUT2D eigenvalue weighted by atomic mass is 9.98. The molecule has 0 heterocycles. The standard InChI is InChI=1S/C28H34N2O5/c1-18(8-6-15-27(32)33)29-26(31)16-19-9-7-14-25(19)30-28(34)35-17-24-22-12-4-2-10-20(22)21-11-3-5-13-23(21)24/h2-5,10-13,18-19,24-25H,6-9,14-17H2,1H3,(H,29,31)(H,30,34)(H,32,33). The number of fused-ring (bicyclic) bond motifs is 3. The van der Waals surface area contributed by atoms with Gasteiger partial charge in [0.2, 0.25) is 5.91 Å². The first-order valence-electron chi connectivity index (χ1n) is 12.5. The van der Waals surface area contributed by atoms with Crippen LogP contribution in [0.2, 0.25) is 0 Å². The van der Waals surface area contributed by atoms with Gasteiger partial charge in [0.25, 0.3) is 0 Å². The first kappa shape index (κ1) is 24.8. The quantitative estimate of drug-likeness (QED) is 0.453. The maximum atomic E-state index is 12.7. The molecule has 1 fully saturated rings. The average molecular weight is 479 g/mol. The molecule has 0 bridgehead atoms. The van der Waals surface area contributed by atoms with E-state index in [2.05, 4.69) is 34.9 Å². The van der Waals surface area contributed by atoms with Crippen molar-refractivity contribution in [2.75, 3.05) is 6.61 Å². The van der Waals surface area contributed by atoms with Crippen molar-refractivity contribution in [3.8, 4) is 11.1 Å². The first-order chi connectivity index (χ1) is 16.9. The van der Waals surface area contributed by atoms with Gasteiger partial charge in [-0.1, -0.05) is 55.0 Å². The molecule has 0 aliphatic heterocycles. The van der Waals surface area contributed by atoms with Gasteiger partial charge in [-0.15, -0.1) is 0 Å². The van der Waals surface area contributed by atoms with Gasteiger partial charge in [0.1, 0.15) is 6.61 Å². The van der Waals surface area contributed by atoms with Crippen LogP contribution in [-0.2, 0) is 14.3 Å². The molecular weight excluding hydrogens is 444 g/mol. The molecule has 2 amide bonds. The van der Waals surface area contributed by atoms with Crippen molar-refractivity contribution >= 4 is 18.0 Å². The minimum atomic E-state index is -0.823. The van der Waals surface area contributed by atoms with Gasteiger partial charge in [0.15, 0.2) is 0 Å².